The van der Waals surface area contributed by atoms with Crippen LogP contribution in [0.4, 0.5) is 0 Å². The molecule has 0 aromatic heterocycles. The monoisotopic (exact) mass is 322 g/mol. The van der Waals surface area contributed by atoms with Crippen molar-refractivity contribution in [1.82, 2.24) is 0 Å². The van der Waals surface area contributed by atoms with Gasteiger partial charge in [-0.2, -0.15) is 12.8 Å². The summed E-state index contributed by atoms with van der Waals surface area (Å²) in [6.45, 7) is -0.146. The molecule has 0 spiro atoms. The van der Waals surface area contributed by atoms with Gasteiger partial charge in [0.2, 0.25) is 0 Å². The van der Waals surface area contributed by atoms with Gasteiger partial charge in [-0.3, -0.25) is 0 Å². The fraction of sp³-hybridized carbons (Fsp3) is 0.267. The van der Waals surface area contributed by atoms with E-state index in [1.54, 1.807) is 18.2 Å². The fourth-order valence-electron chi connectivity index (χ4n) is 1.79. The quantitative estimate of drug-likeness (QED) is 0.607. The van der Waals surface area contributed by atoms with E-state index in [0.29, 0.717) is 5.39 Å². The summed E-state index contributed by atoms with van der Waals surface area (Å²) >= 11 is 0. The topological polar surface area (TPSA) is 110 Å². The van der Waals surface area contributed by atoms with Gasteiger partial charge in [0, 0.05) is 5.41 Å². The number of hydrogen-bond donors (Lipinski definition) is 2. The van der Waals surface area contributed by atoms with E-state index in [1.807, 2.05) is 12.1 Å². The molecule has 6 nitrogen and oxygen atoms in total. The van der Waals surface area contributed by atoms with Crippen molar-refractivity contribution in [1.29, 1.82) is 0 Å². The molecule has 0 bridgehead atoms. The van der Waals surface area contributed by atoms with Crippen LogP contribution in [-0.2, 0) is 10.0 Å². The minimum Gasteiger partial charge on any atom is -0.861 e. The summed E-state index contributed by atoms with van der Waals surface area (Å²) in [6, 6.07) is 11.6. The van der Waals surface area contributed by atoms with E-state index in [4.69, 9.17) is 10.2 Å². The van der Waals surface area contributed by atoms with Crippen LogP contribution in [0, 0.1) is 5.41 Å². The van der Waals surface area contributed by atoms with Crippen LogP contribution in [0.3, 0.4) is 0 Å². The number of rotatable bonds is 5. The number of benzene rings is 2. The summed E-state index contributed by atoms with van der Waals surface area (Å²) in [5.41, 5.74) is -1.62. The highest BCUT2D eigenvalue weighted by atomic mass is 32.2. The Kier molecular flexibility index (Phi) is 4.50. The molecule has 22 heavy (non-hydrogen) atoms. The third kappa shape index (κ3) is 3.11. The lowest BCUT2D eigenvalue weighted by atomic mass is 9.93. The second-order valence-corrected chi connectivity index (χ2v) is 6.86. The van der Waals surface area contributed by atoms with Gasteiger partial charge in [-0.1, -0.05) is 37.3 Å². The average Bonchev–Trinajstić information content (AvgIpc) is 2.53. The fourth-order valence-corrected chi connectivity index (χ4v) is 2.85. The van der Waals surface area contributed by atoms with E-state index in [9.17, 15) is 13.5 Å². The van der Waals surface area contributed by atoms with Gasteiger partial charge >= 0.3 is 0 Å². The highest BCUT2D eigenvalue weighted by Gasteiger charge is 2.25. The molecule has 2 rings (SSSR count). The Morgan fingerprint density at radius 3 is 2.32 bits per heavy atom. The number of aliphatic hydroxyl groups is 2. The van der Waals surface area contributed by atoms with Gasteiger partial charge in [0.15, 0.2) is 0 Å². The van der Waals surface area contributed by atoms with Crippen LogP contribution < -0.4 is 5.11 Å². The highest BCUT2D eigenvalue weighted by Crippen LogP contribution is 2.22. The van der Waals surface area contributed by atoms with Gasteiger partial charge in [-0.05, 0) is 28.8 Å². The van der Waals surface area contributed by atoms with Gasteiger partial charge in [0.05, 0.1) is 18.1 Å². The number of hydrogen-bond acceptors (Lipinski definition) is 5. The van der Waals surface area contributed by atoms with Gasteiger partial charge in [-0.15, -0.1) is 0 Å². The summed E-state index contributed by atoms with van der Waals surface area (Å²) in [7, 11) is -4.20. The first-order chi connectivity index (χ1) is 10.3. The van der Waals surface area contributed by atoms with Crippen LogP contribution in [0.2, 0.25) is 0 Å². The first-order valence-corrected chi connectivity index (χ1v) is 7.99. The molecule has 0 aliphatic rings. The number of fused-ring (bicyclic) bond motifs is 1. The average molecular weight is 322 g/mol. The third-order valence-corrected chi connectivity index (χ3v) is 4.69. The van der Waals surface area contributed by atoms with Crippen LogP contribution in [0.15, 0.2) is 51.8 Å². The largest absolute Gasteiger partial charge is 0.861 e. The van der Waals surface area contributed by atoms with Crippen molar-refractivity contribution in [3.8, 4) is 0 Å². The molecule has 0 amide bonds. The van der Waals surface area contributed by atoms with Crippen molar-refractivity contribution >= 4 is 26.7 Å². The maximum absolute atomic E-state index is 12.2. The zero-order valence-electron chi connectivity index (χ0n) is 11.9. The molecule has 0 radical (unpaired) electrons. The van der Waals surface area contributed by atoms with Crippen molar-refractivity contribution in [2.45, 2.75) is 11.8 Å². The molecule has 0 saturated carbocycles. The Morgan fingerprint density at radius 2 is 1.73 bits per heavy atom. The molecule has 7 heteroatoms. The maximum atomic E-state index is 12.2. The summed E-state index contributed by atoms with van der Waals surface area (Å²) in [4.78, 5) is -0.113. The van der Waals surface area contributed by atoms with Crippen LogP contribution in [0.1, 0.15) is 6.92 Å². The summed E-state index contributed by atoms with van der Waals surface area (Å²) in [6.07, 6.45) is 0. The Bertz CT molecular complexity index is 810. The molecule has 2 N–H and O–H groups in total. The number of nitrogens with zero attached hydrogens (tertiary/aromatic N) is 1. The van der Waals surface area contributed by atoms with Gasteiger partial charge in [0.1, 0.15) is 0 Å². The van der Waals surface area contributed by atoms with Crippen molar-refractivity contribution < 1.29 is 23.7 Å². The zero-order valence-corrected chi connectivity index (χ0v) is 12.7. The van der Waals surface area contributed by atoms with Crippen LogP contribution in [0.25, 0.3) is 10.8 Å². The molecule has 0 aliphatic carbocycles. The van der Waals surface area contributed by atoms with Crippen molar-refractivity contribution in [3.05, 3.63) is 42.5 Å². The maximum Gasteiger partial charge on any atom is 0.281 e. The predicted octanol–water partition coefficient (Wildman–Crippen LogP) is 0.278. The minimum absolute atomic E-state index is 0.113. The highest BCUT2D eigenvalue weighted by molar-refractivity contribution is 7.90. The van der Waals surface area contributed by atoms with E-state index in [2.05, 4.69) is 4.40 Å². The summed E-state index contributed by atoms with van der Waals surface area (Å²) < 4.78 is 27.6. The molecule has 0 unspecified atom stereocenters. The Labute approximate surface area is 128 Å². The van der Waals surface area contributed by atoms with E-state index in [0.717, 1.165) is 5.39 Å². The molecular weight excluding hydrogens is 306 g/mol. The smallest absolute Gasteiger partial charge is 0.281 e. The van der Waals surface area contributed by atoms with Gasteiger partial charge < -0.3 is 15.3 Å². The third-order valence-electron chi connectivity index (χ3n) is 3.44. The van der Waals surface area contributed by atoms with Crippen molar-refractivity contribution in [2.24, 2.45) is 9.81 Å². The number of aliphatic hydroxyl groups excluding tert-OH is 2. The van der Waals surface area contributed by atoms with Gasteiger partial charge in [-0.25, -0.2) is 0 Å². The Morgan fingerprint density at radius 1 is 1.14 bits per heavy atom. The van der Waals surface area contributed by atoms with Crippen molar-refractivity contribution in [2.75, 3.05) is 13.2 Å². The van der Waals surface area contributed by atoms with E-state index < -0.39 is 34.5 Å². The molecular formula is C15H16NO5S-. The number of sulfonamides is 1. The molecule has 2 aromatic rings. The zero-order chi connectivity index (χ0) is 16.4. The van der Waals surface area contributed by atoms with E-state index >= 15 is 0 Å². The molecule has 0 fully saturated rings. The Balaban J connectivity index is 2.48. The molecule has 0 heterocycles. The van der Waals surface area contributed by atoms with E-state index in [1.165, 1.54) is 19.1 Å². The standard InChI is InChI=1S/C15H17NO5S/c1-15(9-17,10-18)14(19)16-22(20,21)13-7-6-11-4-2-3-5-12(11)8-13/h2-8,17-18H,9-10H2,1H3,(H,16,19)/p-1. The van der Waals surface area contributed by atoms with Crippen molar-refractivity contribution in [3.63, 3.8) is 0 Å². The SMILES string of the molecule is CC(CO)(CO)/C([O-])=N/S(=O)(=O)c1ccc2ccccc2c1. The van der Waals surface area contributed by atoms with Crippen LogP contribution in [-0.4, -0.2) is 37.7 Å². The lowest BCUT2D eigenvalue weighted by molar-refractivity contribution is -0.233. The lowest BCUT2D eigenvalue weighted by Gasteiger charge is -2.30. The molecule has 0 aliphatic heterocycles. The first kappa shape index (κ1) is 16.4. The predicted molar refractivity (Wildman–Crippen MR) is 80.8 cm³/mol. The lowest BCUT2D eigenvalue weighted by Crippen LogP contribution is -2.43. The van der Waals surface area contributed by atoms with Gasteiger partial charge in [0.25, 0.3) is 10.0 Å². The minimum atomic E-state index is -4.20. The molecule has 0 atom stereocenters. The summed E-state index contributed by atoms with van der Waals surface area (Å²) in [5, 5.41) is 31.7. The molecule has 2 aromatic carbocycles. The normalized spacial score (nSPS) is 13.5. The molecule has 0 saturated heterocycles. The second kappa shape index (κ2) is 6.04. The summed E-state index contributed by atoms with van der Waals surface area (Å²) in [5.74, 6) is -1.08. The second-order valence-electron chi connectivity index (χ2n) is 5.26. The Hall–Kier alpha value is -1.96. The first-order valence-electron chi connectivity index (χ1n) is 6.55. The molecule has 118 valence electrons. The van der Waals surface area contributed by atoms with Crippen LogP contribution in [0.5, 0.6) is 0 Å². The van der Waals surface area contributed by atoms with E-state index in [-0.39, 0.29) is 4.90 Å². The van der Waals surface area contributed by atoms with Crippen LogP contribution >= 0.6 is 0 Å².